The third kappa shape index (κ3) is 36.5. The van der Waals surface area contributed by atoms with Crippen LogP contribution in [-0.2, 0) is 52.3 Å². The fourth-order valence-corrected chi connectivity index (χ4v) is 11.5. The second kappa shape index (κ2) is 51.6. The van der Waals surface area contributed by atoms with Gasteiger partial charge in [0.15, 0.2) is 18.5 Å². The molecule has 0 aromatic rings. The third-order valence-electron chi connectivity index (χ3n) is 16.9. The Balaban J connectivity index is 2.40. The molecule has 0 radical (unpaired) electrons. The van der Waals surface area contributed by atoms with Gasteiger partial charge < -0.3 is 53.6 Å². The molecule has 0 aromatic carbocycles. The van der Waals surface area contributed by atoms with Gasteiger partial charge in [0.05, 0.1) is 6.61 Å². The van der Waals surface area contributed by atoms with Gasteiger partial charge in [0.25, 0.3) is 0 Å². The molecular formula is C68H126O15. The van der Waals surface area contributed by atoms with Crippen LogP contribution in [0.25, 0.3) is 0 Å². The fourth-order valence-electron chi connectivity index (χ4n) is 11.5. The number of carbonyl (C=O) groups is 4. The summed E-state index contributed by atoms with van der Waals surface area (Å²) in [5.41, 5.74) is 0. The Hall–Kier alpha value is -2.40. The van der Waals surface area contributed by atoms with Crippen molar-refractivity contribution in [3.8, 4) is 0 Å². The molecule has 0 aliphatic carbocycles. The zero-order chi connectivity index (χ0) is 60.4. The highest BCUT2D eigenvalue weighted by molar-refractivity contribution is 5.71. The molecule has 2 aliphatic rings. The minimum atomic E-state index is -2.37. The summed E-state index contributed by atoms with van der Waals surface area (Å²) in [6.45, 7) is 6.92. The highest BCUT2D eigenvalue weighted by Gasteiger charge is 2.64. The van der Waals surface area contributed by atoms with Crippen LogP contribution in [0.2, 0.25) is 0 Å². The van der Waals surface area contributed by atoms with E-state index in [-0.39, 0.29) is 25.7 Å². The lowest BCUT2D eigenvalue weighted by Crippen LogP contribution is -2.63. The summed E-state index contributed by atoms with van der Waals surface area (Å²) in [6, 6.07) is 0. The number of ether oxygens (including phenoxy) is 7. The minimum absolute atomic E-state index is 0.000304. The van der Waals surface area contributed by atoms with Gasteiger partial charge >= 0.3 is 23.9 Å². The number of aliphatic hydroxyl groups excluding tert-OH is 4. The van der Waals surface area contributed by atoms with E-state index in [9.17, 15) is 39.6 Å². The van der Waals surface area contributed by atoms with E-state index in [4.69, 9.17) is 33.2 Å². The van der Waals surface area contributed by atoms with Crippen molar-refractivity contribution in [1.29, 1.82) is 0 Å². The first kappa shape index (κ1) is 76.7. The van der Waals surface area contributed by atoms with Gasteiger partial charge in [-0.1, -0.05) is 285 Å². The van der Waals surface area contributed by atoms with Crippen LogP contribution in [0.3, 0.4) is 0 Å². The quantitative estimate of drug-likeness (QED) is 0.0253. The van der Waals surface area contributed by atoms with Crippen molar-refractivity contribution in [2.24, 2.45) is 0 Å². The Kier molecular flexibility index (Phi) is 47.7. The number of rotatable bonds is 57. The number of esters is 4. The molecule has 2 aliphatic heterocycles. The first-order valence-electron chi connectivity index (χ1n) is 34.8. The van der Waals surface area contributed by atoms with E-state index in [0.717, 1.165) is 96.3 Å². The molecule has 0 saturated carbocycles. The van der Waals surface area contributed by atoms with Crippen LogP contribution in [0.5, 0.6) is 0 Å². The summed E-state index contributed by atoms with van der Waals surface area (Å²) in [7, 11) is 0. The van der Waals surface area contributed by atoms with Gasteiger partial charge in [0, 0.05) is 25.7 Å². The van der Waals surface area contributed by atoms with Crippen LogP contribution in [0.4, 0.5) is 0 Å². The molecule has 83 heavy (non-hydrogen) atoms. The van der Waals surface area contributed by atoms with Crippen molar-refractivity contribution in [1.82, 2.24) is 0 Å². The van der Waals surface area contributed by atoms with Crippen LogP contribution in [0.15, 0.2) is 0 Å². The molecule has 0 bridgehead atoms. The second-order valence-corrected chi connectivity index (χ2v) is 24.6. The summed E-state index contributed by atoms with van der Waals surface area (Å²) in [5, 5.41) is 43.3. The molecule has 15 heteroatoms. The van der Waals surface area contributed by atoms with E-state index in [1.54, 1.807) is 0 Å². The molecule has 9 atom stereocenters. The van der Waals surface area contributed by atoms with Crippen molar-refractivity contribution in [3.63, 3.8) is 0 Å². The first-order valence-corrected chi connectivity index (χ1v) is 34.8. The summed E-state index contributed by atoms with van der Waals surface area (Å²) in [4.78, 5) is 55.4. The Morgan fingerprint density at radius 3 is 1.04 bits per heavy atom. The molecule has 2 heterocycles. The van der Waals surface area contributed by atoms with E-state index < -0.39 is 98.5 Å². The van der Waals surface area contributed by atoms with Crippen molar-refractivity contribution >= 4 is 23.9 Å². The maximum absolute atomic E-state index is 14.2. The van der Waals surface area contributed by atoms with E-state index in [1.165, 1.54) is 161 Å². The highest BCUT2D eigenvalue weighted by Crippen LogP contribution is 2.41. The van der Waals surface area contributed by atoms with Crippen LogP contribution < -0.4 is 0 Å². The highest BCUT2D eigenvalue weighted by atomic mass is 16.8. The maximum atomic E-state index is 14.2. The number of aliphatic hydroxyl groups is 4. The summed E-state index contributed by atoms with van der Waals surface area (Å²) < 4.78 is 43.4. The lowest BCUT2D eigenvalue weighted by atomic mass is 9.98. The van der Waals surface area contributed by atoms with Crippen molar-refractivity contribution < 1.29 is 72.8 Å². The van der Waals surface area contributed by atoms with Crippen molar-refractivity contribution in [3.05, 3.63) is 0 Å². The van der Waals surface area contributed by atoms with Crippen LogP contribution >= 0.6 is 0 Å². The zero-order valence-electron chi connectivity index (χ0n) is 53.5. The van der Waals surface area contributed by atoms with Gasteiger partial charge in [-0.2, -0.15) is 0 Å². The van der Waals surface area contributed by atoms with Crippen molar-refractivity contribution in [2.75, 3.05) is 19.8 Å². The van der Waals surface area contributed by atoms with Crippen LogP contribution in [-0.4, -0.2) is 119 Å². The van der Waals surface area contributed by atoms with E-state index in [2.05, 4.69) is 27.7 Å². The number of hydrogen-bond donors (Lipinski definition) is 4. The molecule has 0 spiro atoms. The average Bonchev–Trinajstić information content (AvgIpc) is 3.97. The Labute approximate surface area is 505 Å². The smallest absolute Gasteiger partial charge is 0.306 e. The van der Waals surface area contributed by atoms with Gasteiger partial charge in [-0.05, 0) is 25.7 Å². The summed E-state index contributed by atoms with van der Waals surface area (Å²) in [6.07, 6.45) is 35.2. The lowest BCUT2D eigenvalue weighted by Gasteiger charge is -2.43. The molecule has 0 aromatic heterocycles. The van der Waals surface area contributed by atoms with Crippen LogP contribution in [0.1, 0.15) is 336 Å². The topological polar surface area (TPSA) is 214 Å². The average molecular weight is 1180 g/mol. The molecule has 2 rings (SSSR count). The molecule has 2 fully saturated rings. The predicted molar refractivity (Wildman–Crippen MR) is 328 cm³/mol. The van der Waals surface area contributed by atoms with E-state index in [0.29, 0.717) is 25.7 Å². The molecule has 0 amide bonds. The molecule has 488 valence electrons. The Bertz CT molecular complexity index is 1560. The zero-order valence-corrected chi connectivity index (χ0v) is 53.5. The molecule has 0 unspecified atom stereocenters. The van der Waals surface area contributed by atoms with Crippen molar-refractivity contribution in [2.45, 2.75) is 391 Å². The summed E-state index contributed by atoms with van der Waals surface area (Å²) in [5.74, 6) is -4.73. The van der Waals surface area contributed by atoms with Gasteiger partial charge in [0.2, 0.25) is 5.79 Å². The number of hydrogen-bond acceptors (Lipinski definition) is 15. The second-order valence-electron chi connectivity index (χ2n) is 24.6. The normalized spacial score (nSPS) is 22.5. The minimum Gasteiger partial charge on any atom is -0.463 e. The number of unbranched alkanes of at least 4 members (excludes halogenated alkanes) is 40. The van der Waals surface area contributed by atoms with Crippen LogP contribution in [0, 0.1) is 0 Å². The molecular weight excluding hydrogens is 1060 g/mol. The maximum Gasteiger partial charge on any atom is 0.306 e. The largest absolute Gasteiger partial charge is 0.463 e. The van der Waals surface area contributed by atoms with Gasteiger partial charge in [-0.15, -0.1) is 0 Å². The van der Waals surface area contributed by atoms with E-state index in [1.807, 2.05) is 0 Å². The summed E-state index contributed by atoms with van der Waals surface area (Å²) >= 11 is 0. The van der Waals surface area contributed by atoms with Gasteiger partial charge in [-0.3, -0.25) is 19.2 Å². The fraction of sp³-hybridized carbons (Fsp3) is 0.941. The molecule has 2 saturated heterocycles. The third-order valence-corrected chi connectivity index (χ3v) is 16.9. The molecule has 4 N–H and O–H groups in total. The monoisotopic (exact) mass is 1180 g/mol. The van der Waals surface area contributed by atoms with E-state index >= 15 is 0 Å². The molecule has 15 nitrogen and oxygen atoms in total. The number of carbonyl (C=O) groups excluding carboxylic acids is 4. The standard InChI is InChI=1S/C68H126O15/c1-5-9-13-17-21-25-29-33-37-41-45-49-58(70)77-54-57-65(80-60(72)51-47-43-39-35-31-27-23-19-15-11-7-3)66(81-61(73)52-48-44-40-36-32-28-24-20-16-12-8-4)68(82-57,83-67-64(76)63(75)62(74)56(53-69)79-67)55-78-59(71)50-46-42-38-34-30-26-22-18-14-10-6-2/h56-57,62-67,69,74-76H,5-55H2,1-4H3/t56-,57-,62-,63+,64-,65-,66+,67-,68+/m1/s1. The van der Waals surface area contributed by atoms with Gasteiger partial charge in [0.1, 0.15) is 43.7 Å². The Morgan fingerprint density at radius 2 is 0.687 bits per heavy atom. The lowest BCUT2D eigenvalue weighted by molar-refractivity contribution is -0.384. The van der Waals surface area contributed by atoms with Gasteiger partial charge in [-0.25, -0.2) is 0 Å². The first-order chi connectivity index (χ1) is 40.5. The SMILES string of the molecule is CCCCCCCCCCCCCC(=O)OC[C@H]1O[C@@](COC(=O)CCCCCCCCCCCCC)(O[C@H]2O[C@H](CO)[C@@H](O)[C@H](O)[C@H]2O)[C@@H](OC(=O)CCCCCCCCCCCCC)[C@@H]1OC(=O)CCCCCCCCCCCCC. The Morgan fingerprint density at radius 1 is 0.373 bits per heavy atom. The predicted octanol–water partition coefficient (Wildman–Crippen LogP) is 15.6.